The first kappa shape index (κ1) is 17.7. The third-order valence-corrected chi connectivity index (χ3v) is 5.04. The molecule has 1 fully saturated rings. The van der Waals surface area contributed by atoms with Crippen LogP contribution >= 0.6 is 24.4 Å². The number of hydrogen-bond acceptors (Lipinski definition) is 6. The minimum Gasteiger partial charge on any atom is -0.400 e. The second-order valence-electron chi connectivity index (χ2n) is 6.14. The van der Waals surface area contributed by atoms with E-state index in [0.717, 1.165) is 5.47 Å². The highest BCUT2D eigenvalue weighted by atomic mass is 32.2. The lowest BCUT2D eigenvalue weighted by atomic mass is 9.78. The summed E-state index contributed by atoms with van der Waals surface area (Å²) in [4.78, 5) is 19.0. The van der Waals surface area contributed by atoms with Gasteiger partial charge in [-0.25, -0.2) is 4.98 Å². The predicted octanol–water partition coefficient (Wildman–Crippen LogP) is 2.44. The Hall–Kier alpha value is -0.695. The number of aromatic amines is 1. The van der Waals surface area contributed by atoms with Gasteiger partial charge in [0.15, 0.2) is 5.16 Å². The maximum atomic E-state index is 12.1. The van der Waals surface area contributed by atoms with E-state index in [2.05, 4.69) is 22.6 Å². The molecule has 1 aromatic heterocycles. The molecule has 0 saturated carbocycles. The molecule has 2 rings (SSSR count). The SMILES string of the molecule is CSc1ncc(C=C(CS)B2OC(C)(C)C(C)(C)O2)c(=O)[nH]1. The minimum atomic E-state index is -0.512. The highest BCUT2D eigenvalue weighted by molar-refractivity contribution is 7.98. The molecule has 1 aliphatic rings. The number of nitrogens with zero attached hydrogens (tertiary/aromatic N) is 1. The van der Waals surface area contributed by atoms with Crippen LogP contribution in [-0.2, 0) is 9.31 Å². The first-order valence-corrected chi connectivity index (χ1v) is 8.86. The molecule has 1 saturated heterocycles. The van der Waals surface area contributed by atoms with E-state index in [1.54, 1.807) is 12.3 Å². The number of H-pyrrole nitrogens is 1. The van der Waals surface area contributed by atoms with Crippen molar-refractivity contribution in [1.29, 1.82) is 0 Å². The molecule has 1 aromatic rings. The van der Waals surface area contributed by atoms with Gasteiger partial charge in [0.1, 0.15) is 0 Å². The number of thiol groups is 1. The third-order valence-electron chi connectivity index (χ3n) is 4.08. The molecule has 22 heavy (non-hydrogen) atoms. The van der Waals surface area contributed by atoms with Gasteiger partial charge in [0.2, 0.25) is 0 Å². The Bertz CT molecular complexity index is 627. The molecule has 0 aliphatic carbocycles. The Morgan fingerprint density at radius 2 is 2.00 bits per heavy atom. The van der Waals surface area contributed by atoms with Crippen molar-refractivity contribution < 1.29 is 9.31 Å². The third kappa shape index (κ3) is 3.45. The molecule has 8 heteroatoms. The Balaban J connectivity index is 2.32. The zero-order valence-corrected chi connectivity index (χ0v) is 15.2. The van der Waals surface area contributed by atoms with Gasteiger partial charge in [-0.3, -0.25) is 4.79 Å². The summed E-state index contributed by atoms with van der Waals surface area (Å²) in [7, 11) is -0.512. The van der Waals surface area contributed by atoms with E-state index in [4.69, 9.17) is 9.31 Å². The van der Waals surface area contributed by atoms with Gasteiger partial charge in [-0.15, -0.1) is 0 Å². The van der Waals surface area contributed by atoms with E-state index in [1.807, 2.05) is 34.0 Å². The smallest absolute Gasteiger partial charge is 0.400 e. The molecule has 0 amide bonds. The first-order chi connectivity index (χ1) is 10.2. The van der Waals surface area contributed by atoms with Gasteiger partial charge in [-0.1, -0.05) is 17.8 Å². The fraction of sp³-hybridized carbons (Fsp3) is 0.571. The Morgan fingerprint density at radius 3 is 2.45 bits per heavy atom. The van der Waals surface area contributed by atoms with Crippen LogP contribution in [0.3, 0.4) is 0 Å². The van der Waals surface area contributed by atoms with Crippen molar-refractivity contribution in [2.45, 2.75) is 44.1 Å². The molecule has 0 radical (unpaired) electrons. The molecule has 120 valence electrons. The van der Waals surface area contributed by atoms with Crippen molar-refractivity contribution in [2.75, 3.05) is 12.0 Å². The van der Waals surface area contributed by atoms with E-state index in [1.165, 1.54) is 11.8 Å². The predicted molar refractivity (Wildman–Crippen MR) is 94.6 cm³/mol. The van der Waals surface area contributed by atoms with Crippen LogP contribution in [-0.4, -0.2) is 40.3 Å². The van der Waals surface area contributed by atoms with Crippen molar-refractivity contribution in [1.82, 2.24) is 9.97 Å². The molecule has 0 spiro atoms. The molecule has 0 unspecified atom stereocenters. The second-order valence-corrected chi connectivity index (χ2v) is 7.25. The molecule has 1 aliphatic heterocycles. The number of rotatable bonds is 4. The van der Waals surface area contributed by atoms with Crippen molar-refractivity contribution in [3.63, 3.8) is 0 Å². The quantitative estimate of drug-likeness (QED) is 0.381. The topological polar surface area (TPSA) is 64.2 Å². The molecule has 2 heterocycles. The van der Waals surface area contributed by atoms with Gasteiger partial charge >= 0.3 is 7.12 Å². The molecule has 0 atom stereocenters. The minimum absolute atomic E-state index is 0.185. The van der Waals surface area contributed by atoms with E-state index in [-0.39, 0.29) is 5.56 Å². The summed E-state index contributed by atoms with van der Waals surface area (Å²) in [6.07, 6.45) is 5.15. The highest BCUT2D eigenvalue weighted by Crippen LogP contribution is 2.38. The van der Waals surface area contributed by atoms with Crippen molar-refractivity contribution in [2.24, 2.45) is 0 Å². The van der Waals surface area contributed by atoms with Crippen LogP contribution in [0.1, 0.15) is 33.3 Å². The lowest BCUT2D eigenvalue weighted by Gasteiger charge is -2.32. The maximum Gasteiger partial charge on any atom is 0.491 e. The standard InChI is InChI=1S/C14H21BN2O3S2/c1-13(2)14(3,4)20-15(19-13)10(8-21)6-9-7-16-12(22-5)17-11(9)18/h6-7,21H,8H2,1-5H3,(H,16,17,18). The zero-order chi connectivity index (χ0) is 16.5. The molecular weight excluding hydrogens is 319 g/mol. The molecule has 5 nitrogen and oxygen atoms in total. The van der Waals surface area contributed by atoms with Crippen LogP contribution in [0.25, 0.3) is 6.08 Å². The summed E-state index contributed by atoms with van der Waals surface area (Å²) in [6.45, 7) is 7.96. The number of aromatic nitrogens is 2. The average molecular weight is 340 g/mol. The summed E-state index contributed by atoms with van der Waals surface area (Å²) >= 11 is 5.73. The first-order valence-electron chi connectivity index (χ1n) is 7.00. The van der Waals surface area contributed by atoms with Crippen LogP contribution in [0, 0.1) is 0 Å². The normalized spacial score (nSPS) is 20.5. The van der Waals surface area contributed by atoms with Crippen molar-refractivity contribution in [3.8, 4) is 0 Å². The van der Waals surface area contributed by atoms with Crippen LogP contribution in [0.4, 0.5) is 0 Å². The Kier molecular flexibility index (Phi) is 5.16. The highest BCUT2D eigenvalue weighted by Gasteiger charge is 2.52. The monoisotopic (exact) mass is 340 g/mol. The maximum absolute atomic E-state index is 12.1. The van der Waals surface area contributed by atoms with Gasteiger partial charge in [-0.2, -0.15) is 12.6 Å². The van der Waals surface area contributed by atoms with Crippen LogP contribution in [0.15, 0.2) is 21.6 Å². The van der Waals surface area contributed by atoms with Gasteiger partial charge < -0.3 is 14.3 Å². The average Bonchev–Trinajstić information content (AvgIpc) is 2.65. The van der Waals surface area contributed by atoms with E-state index in [9.17, 15) is 4.79 Å². The Morgan fingerprint density at radius 1 is 1.41 bits per heavy atom. The van der Waals surface area contributed by atoms with Crippen LogP contribution in [0.2, 0.25) is 0 Å². The fourth-order valence-corrected chi connectivity index (χ4v) is 2.57. The molecule has 1 N–H and O–H groups in total. The number of hydrogen-bond donors (Lipinski definition) is 2. The van der Waals surface area contributed by atoms with Gasteiger partial charge in [-0.05, 0) is 39.4 Å². The van der Waals surface area contributed by atoms with Gasteiger partial charge in [0, 0.05) is 11.9 Å². The van der Waals surface area contributed by atoms with Crippen molar-refractivity contribution >= 4 is 37.6 Å². The fourth-order valence-electron chi connectivity index (χ4n) is 1.98. The van der Waals surface area contributed by atoms with Crippen LogP contribution < -0.4 is 5.56 Å². The summed E-state index contributed by atoms with van der Waals surface area (Å²) < 4.78 is 12.0. The zero-order valence-electron chi connectivity index (χ0n) is 13.5. The summed E-state index contributed by atoms with van der Waals surface area (Å²) in [5, 5.41) is 0.588. The second kappa shape index (κ2) is 6.43. The number of thioether (sulfide) groups is 1. The van der Waals surface area contributed by atoms with Crippen molar-refractivity contribution in [3.05, 3.63) is 27.6 Å². The molecule has 0 bridgehead atoms. The van der Waals surface area contributed by atoms with E-state index >= 15 is 0 Å². The summed E-state index contributed by atoms with van der Waals surface area (Å²) in [5.74, 6) is 0.431. The molecule has 0 aromatic carbocycles. The van der Waals surface area contributed by atoms with E-state index in [0.29, 0.717) is 16.5 Å². The Labute approximate surface area is 140 Å². The lowest BCUT2D eigenvalue weighted by molar-refractivity contribution is 0.00578. The van der Waals surface area contributed by atoms with Crippen LogP contribution in [0.5, 0.6) is 0 Å². The van der Waals surface area contributed by atoms with Gasteiger partial charge in [0.05, 0.1) is 16.8 Å². The number of nitrogens with one attached hydrogen (secondary N) is 1. The van der Waals surface area contributed by atoms with E-state index < -0.39 is 18.3 Å². The lowest BCUT2D eigenvalue weighted by Crippen LogP contribution is -2.41. The van der Waals surface area contributed by atoms with Gasteiger partial charge in [0.25, 0.3) is 5.56 Å². The molecular formula is C14H21BN2O3S2. The summed E-state index contributed by atoms with van der Waals surface area (Å²) in [6, 6.07) is 0. The summed E-state index contributed by atoms with van der Waals surface area (Å²) in [5.41, 5.74) is 0.234. The largest absolute Gasteiger partial charge is 0.491 e.